The molecule has 0 saturated heterocycles. The van der Waals surface area contributed by atoms with Gasteiger partial charge in [-0.2, -0.15) is 5.10 Å². The lowest BCUT2D eigenvalue weighted by atomic mass is 10.0. The van der Waals surface area contributed by atoms with Crippen LogP contribution in [0.25, 0.3) is 0 Å². The van der Waals surface area contributed by atoms with Crippen molar-refractivity contribution < 1.29 is 9.21 Å². The van der Waals surface area contributed by atoms with Gasteiger partial charge in [0.25, 0.3) is 5.91 Å². The number of nitrogens with zero attached hydrogens (tertiary/aromatic N) is 2. The van der Waals surface area contributed by atoms with Gasteiger partial charge in [0, 0.05) is 10.9 Å². The Kier molecular flexibility index (Phi) is 4.47. The zero-order valence-electron chi connectivity index (χ0n) is 14.2. The Morgan fingerprint density at radius 2 is 1.88 bits per heavy atom. The van der Waals surface area contributed by atoms with Gasteiger partial charge in [-0.15, -0.1) is 0 Å². The van der Waals surface area contributed by atoms with E-state index in [9.17, 15) is 4.79 Å². The summed E-state index contributed by atoms with van der Waals surface area (Å²) in [5.74, 6) is 0.581. The Morgan fingerprint density at radius 1 is 1.12 bits per heavy atom. The largest absolute Gasteiger partial charge is 0.467 e. The minimum absolute atomic E-state index is 0.152. The maximum atomic E-state index is 13.2. The van der Waals surface area contributed by atoms with Crippen molar-refractivity contribution in [1.29, 1.82) is 0 Å². The molecule has 0 aliphatic carbocycles. The first kappa shape index (κ1) is 16.8. The summed E-state index contributed by atoms with van der Waals surface area (Å²) < 4.78 is 6.34. The van der Waals surface area contributed by atoms with E-state index >= 15 is 0 Å². The van der Waals surface area contributed by atoms with Crippen LogP contribution >= 0.6 is 15.9 Å². The highest BCUT2D eigenvalue weighted by atomic mass is 79.9. The molecule has 2 aromatic carbocycles. The predicted octanol–water partition coefficient (Wildman–Crippen LogP) is 5.34. The molecule has 0 spiro atoms. The highest BCUT2D eigenvalue weighted by Gasteiger charge is 2.35. The third-order valence-corrected chi connectivity index (χ3v) is 5.17. The molecule has 5 heteroatoms. The lowest BCUT2D eigenvalue weighted by molar-refractivity contribution is 0.0692. The molecule has 1 atom stereocenters. The van der Waals surface area contributed by atoms with Gasteiger partial charge < -0.3 is 4.42 Å². The maximum absolute atomic E-state index is 13.2. The van der Waals surface area contributed by atoms with Gasteiger partial charge in [0.2, 0.25) is 0 Å². The van der Waals surface area contributed by atoms with Crippen molar-refractivity contribution in [1.82, 2.24) is 5.01 Å². The first-order chi connectivity index (χ1) is 12.6. The number of carbonyl (C=O) groups is 1. The maximum Gasteiger partial charge on any atom is 0.275 e. The molecular formula is C21H17BrN2O2. The number of amides is 1. The summed E-state index contributed by atoms with van der Waals surface area (Å²) in [6.07, 6.45) is 2.24. The van der Waals surface area contributed by atoms with Crippen molar-refractivity contribution in [3.05, 3.63) is 93.9 Å². The highest BCUT2D eigenvalue weighted by Crippen LogP contribution is 2.35. The van der Waals surface area contributed by atoms with Crippen LogP contribution in [-0.2, 0) is 0 Å². The van der Waals surface area contributed by atoms with Crippen molar-refractivity contribution in [3.8, 4) is 0 Å². The number of halogens is 1. The second-order valence-corrected chi connectivity index (χ2v) is 7.13. The van der Waals surface area contributed by atoms with Crippen LogP contribution < -0.4 is 0 Å². The SMILES string of the molecule is Cc1ccc(C2=NN(C(=O)c3ccccc3Br)C(c3ccco3)C2)cc1. The average Bonchev–Trinajstić information content (AvgIpc) is 3.32. The minimum atomic E-state index is -0.249. The summed E-state index contributed by atoms with van der Waals surface area (Å²) in [6.45, 7) is 2.05. The van der Waals surface area contributed by atoms with Gasteiger partial charge >= 0.3 is 0 Å². The van der Waals surface area contributed by atoms with Crippen LogP contribution in [0.1, 0.15) is 39.7 Å². The smallest absolute Gasteiger partial charge is 0.275 e. The fraction of sp³-hybridized carbons (Fsp3) is 0.143. The Morgan fingerprint density at radius 3 is 2.58 bits per heavy atom. The monoisotopic (exact) mass is 408 g/mol. The number of hydrogen-bond donors (Lipinski definition) is 0. The van der Waals surface area contributed by atoms with Gasteiger partial charge in [-0.25, -0.2) is 5.01 Å². The first-order valence-corrected chi connectivity index (χ1v) is 9.19. The molecule has 1 aromatic heterocycles. The van der Waals surface area contributed by atoms with Crippen molar-refractivity contribution in [2.75, 3.05) is 0 Å². The highest BCUT2D eigenvalue weighted by molar-refractivity contribution is 9.10. The number of benzene rings is 2. The number of aryl methyl sites for hydroxylation is 1. The molecule has 4 nitrogen and oxygen atoms in total. The second-order valence-electron chi connectivity index (χ2n) is 6.28. The van der Waals surface area contributed by atoms with Crippen LogP contribution in [0.15, 0.2) is 80.9 Å². The van der Waals surface area contributed by atoms with Gasteiger partial charge in [0.1, 0.15) is 11.8 Å². The van der Waals surface area contributed by atoms with Crippen LogP contribution in [0.5, 0.6) is 0 Å². The molecule has 0 radical (unpaired) electrons. The third-order valence-electron chi connectivity index (χ3n) is 4.48. The Bertz CT molecular complexity index is 962. The molecule has 4 rings (SSSR count). The van der Waals surface area contributed by atoms with E-state index in [0.717, 1.165) is 21.5 Å². The average molecular weight is 409 g/mol. The second kappa shape index (κ2) is 6.92. The van der Waals surface area contributed by atoms with Gasteiger partial charge in [-0.05, 0) is 52.7 Å². The topological polar surface area (TPSA) is 45.8 Å². The molecule has 26 heavy (non-hydrogen) atoms. The fourth-order valence-electron chi connectivity index (χ4n) is 3.08. The summed E-state index contributed by atoms with van der Waals surface area (Å²) >= 11 is 3.46. The molecule has 1 amide bonds. The quantitative estimate of drug-likeness (QED) is 0.586. The van der Waals surface area contributed by atoms with E-state index in [1.807, 2.05) is 42.5 Å². The molecule has 1 unspecified atom stereocenters. The van der Waals surface area contributed by atoms with E-state index in [2.05, 4.69) is 40.1 Å². The summed E-state index contributed by atoms with van der Waals surface area (Å²) in [5, 5.41) is 6.20. The summed E-state index contributed by atoms with van der Waals surface area (Å²) in [4.78, 5) is 13.2. The molecule has 0 fully saturated rings. The van der Waals surface area contributed by atoms with Gasteiger partial charge in [-0.1, -0.05) is 42.0 Å². The van der Waals surface area contributed by atoms with Crippen molar-refractivity contribution in [2.24, 2.45) is 5.10 Å². The normalized spacial score (nSPS) is 16.6. The minimum Gasteiger partial charge on any atom is -0.467 e. The number of furan rings is 1. The Labute approximate surface area is 160 Å². The molecular weight excluding hydrogens is 392 g/mol. The number of carbonyl (C=O) groups excluding carboxylic acids is 1. The van der Waals surface area contributed by atoms with E-state index in [0.29, 0.717) is 12.0 Å². The molecule has 2 heterocycles. The summed E-state index contributed by atoms with van der Waals surface area (Å²) in [5.41, 5.74) is 3.68. The number of hydrogen-bond acceptors (Lipinski definition) is 3. The van der Waals surface area contributed by atoms with Crippen LogP contribution in [0.3, 0.4) is 0 Å². The molecule has 0 saturated carbocycles. The Hall–Kier alpha value is -2.66. The lowest BCUT2D eigenvalue weighted by Gasteiger charge is -2.20. The molecule has 3 aromatic rings. The predicted molar refractivity (Wildman–Crippen MR) is 104 cm³/mol. The molecule has 130 valence electrons. The van der Waals surface area contributed by atoms with Gasteiger partial charge in [0.15, 0.2) is 0 Å². The van der Waals surface area contributed by atoms with E-state index in [1.165, 1.54) is 10.6 Å². The van der Waals surface area contributed by atoms with E-state index in [-0.39, 0.29) is 11.9 Å². The van der Waals surface area contributed by atoms with Crippen LogP contribution in [0, 0.1) is 6.92 Å². The van der Waals surface area contributed by atoms with Crippen LogP contribution in [0.2, 0.25) is 0 Å². The standard InChI is InChI=1S/C21H17BrN2O2/c1-14-8-10-15(11-9-14)18-13-19(20-7-4-12-26-20)24(23-18)21(25)16-5-2-3-6-17(16)22/h2-12,19H,13H2,1H3. The lowest BCUT2D eigenvalue weighted by Crippen LogP contribution is -2.27. The summed E-state index contributed by atoms with van der Waals surface area (Å²) in [6, 6.07) is 19.0. The van der Waals surface area contributed by atoms with Crippen molar-refractivity contribution in [2.45, 2.75) is 19.4 Å². The molecule has 0 N–H and O–H groups in total. The van der Waals surface area contributed by atoms with E-state index in [4.69, 9.17) is 4.42 Å². The zero-order valence-corrected chi connectivity index (χ0v) is 15.8. The third kappa shape index (κ3) is 3.10. The fourth-order valence-corrected chi connectivity index (χ4v) is 3.53. The van der Waals surface area contributed by atoms with E-state index < -0.39 is 0 Å². The number of rotatable bonds is 3. The van der Waals surface area contributed by atoms with Crippen LogP contribution in [-0.4, -0.2) is 16.6 Å². The molecule has 1 aliphatic heterocycles. The first-order valence-electron chi connectivity index (χ1n) is 8.39. The van der Waals surface area contributed by atoms with Gasteiger partial charge in [-0.3, -0.25) is 4.79 Å². The Balaban J connectivity index is 1.73. The number of hydrazone groups is 1. The zero-order chi connectivity index (χ0) is 18.1. The summed E-state index contributed by atoms with van der Waals surface area (Å²) in [7, 11) is 0. The van der Waals surface area contributed by atoms with Crippen LogP contribution in [0.4, 0.5) is 0 Å². The van der Waals surface area contributed by atoms with Crippen molar-refractivity contribution in [3.63, 3.8) is 0 Å². The van der Waals surface area contributed by atoms with Gasteiger partial charge in [0.05, 0.1) is 17.5 Å². The van der Waals surface area contributed by atoms with Crippen molar-refractivity contribution >= 4 is 27.5 Å². The van der Waals surface area contributed by atoms with E-state index in [1.54, 1.807) is 12.3 Å². The molecule has 1 aliphatic rings. The molecule has 0 bridgehead atoms.